The van der Waals surface area contributed by atoms with Crippen LogP contribution in [0.5, 0.6) is 0 Å². The van der Waals surface area contributed by atoms with Crippen LogP contribution in [0.4, 0.5) is 5.69 Å². The van der Waals surface area contributed by atoms with E-state index in [9.17, 15) is 19.7 Å². The number of nitro benzene ring substituents is 1. The van der Waals surface area contributed by atoms with Crippen molar-refractivity contribution in [3.8, 4) is 0 Å². The Balaban J connectivity index is 1.90. The van der Waals surface area contributed by atoms with Gasteiger partial charge in [0, 0.05) is 12.1 Å². The Labute approximate surface area is 158 Å². The largest absolute Gasteiger partial charge is 0.467 e. The third kappa shape index (κ3) is 3.11. The van der Waals surface area contributed by atoms with Gasteiger partial charge in [0.2, 0.25) is 0 Å². The van der Waals surface area contributed by atoms with Crippen LogP contribution in [0.3, 0.4) is 0 Å². The van der Waals surface area contributed by atoms with Gasteiger partial charge in [-0.3, -0.25) is 24.0 Å². The molecule has 8 nitrogen and oxygen atoms in total. The lowest BCUT2D eigenvalue weighted by molar-refractivity contribution is -0.384. The highest BCUT2D eigenvalue weighted by molar-refractivity contribution is 5.77. The summed E-state index contributed by atoms with van der Waals surface area (Å²) in [5.41, 5.74) is 0.0852. The number of nitrogens with zero attached hydrogens (tertiary/aromatic N) is 3. The molecule has 4 aromatic rings. The fourth-order valence-electron chi connectivity index (χ4n) is 3.17. The van der Waals surface area contributed by atoms with Gasteiger partial charge in [-0.25, -0.2) is 4.79 Å². The molecule has 0 aliphatic carbocycles. The van der Waals surface area contributed by atoms with Crippen LogP contribution in [0.1, 0.15) is 11.3 Å². The number of para-hydroxylation sites is 1. The average Bonchev–Trinajstić information content (AvgIpc) is 3.22. The van der Waals surface area contributed by atoms with Crippen molar-refractivity contribution < 1.29 is 9.34 Å². The van der Waals surface area contributed by atoms with E-state index in [1.165, 1.54) is 23.0 Å². The Morgan fingerprint density at radius 2 is 1.75 bits per heavy atom. The molecule has 0 N–H and O–H groups in total. The average molecular weight is 377 g/mol. The van der Waals surface area contributed by atoms with E-state index in [0.717, 1.165) is 4.57 Å². The van der Waals surface area contributed by atoms with E-state index in [4.69, 9.17) is 4.42 Å². The van der Waals surface area contributed by atoms with E-state index in [0.29, 0.717) is 22.2 Å². The molecule has 0 fully saturated rings. The molecule has 0 unspecified atom stereocenters. The summed E-state index contributed by atoms with van der Waals surface area (Å²) in [5.74, 6) is 0.483. The Kier molecular flexibility index (Phi) is 4.36. The molecule has 2 aromatic heterocycles. The zero-order valence-corrected chi connectivity index (χ0v) is 14.6. The van der Waals surface area contributed by atoms with Crippen LogP contribution in [-0.4, -0.2) is 14.1 Å². The van der Waals surface area contributed by atoms with E-state index in [1.54, 1.807) is 48.5 Å². The minimum absolute atomic E-state index is 0.00440. The molecule has 0 radical (unpaired) electrons. The molecule has 0 saturated carbocycles. The monoisotopic (exact) mass is 377 g/mol. The Bertz CT molecular complexity index is 1290. The maximum Gasteiger partial charge on any atom is 0.332 e. The molecule has 0 saturated heterocycles. The molecule has 0 aliphatic rings. The van der Waals surface area contributed by atoms with E-state index >= 15 is 0 Å². The van der Waals surface area contributed by atoms with Gasteiger partial charge in [0.05, 0.1) is 35.2 Å². The van der Waals surface area contributed by atoms with Gasteiger partial charge >= 0.3 is 5.69 Å². The number of fused-ring (bicyclic) bond motifs is 1. The summed E-state index contributed by atoms with van der Waals surface area (Å²) in [6, 6.07) is 16.3. The highest BCUT2D eigenvalue weighted by atomic mass is 16.6. The first-order chi connectivity index (χ1) is 13.5. The summed E-state index contributed by atoms with van der Waals surface area (Å²) in [4.78, 5) is 36.5. The van der Waals surface area contributed by atoms with Crippen LogP contribution >= 0.6 is 0 Å². The number of benzene rings is 2. The maximum atomic E-state index is 13.1. The standard InChI is InChI=1S/C20H15N3O5/c24-19-17-8-1-2-9-18(17)21(12-14-5-3-6-15(11-14)23(26)27)20(25)22(19)13-16-7-4-10-28-16/h1-11H,12-13H2. The van der Waals surface area contributed by atoms with Crippen LogP contribution in [-0.2, 0) is 13.1 Å². The van der Waals surface area contributed by atoms with Crippen molar-refractivity contribution in [1.29, 1.82) is 0 Å². The van der Waals surface area contributed by atoms with Crippen molar-refractivity contribution in [2.75, 3.05) is 0 Å². The number of rotatable bonds is 5. The molecule has 0 amide bonds. The van der Waals surface area contributed by atoms with Crippen LogP contribution in [0.15, 0.2) is 80.9 Å². The highest BCUT2D eigenvalue weighted by Crippen LogP contribution is 2.16. The maximum absolute atomic E-state index is 13.1. The predicted octanol–water partition coefficient (Wildman–Crippen LogP) is 2.76. The van der Waals surface area contributed by atoms with Gasteiger partial charge in [-0.2, -0.15) is 0 Å². The third-order valence-electron chi connectivity index (χ3n) is 4.49. The van der Waals surface area contributed by atoms with E-state index < -0.39 is 16.2 Å². The van der Waals surface area contributed by atoms with Crippen molar-refractivity contribution in [1.82, 2.24) is 9.13 Å². The van der Waals surface area contributed by atoms with Crippen LogP contribution in [0.2, 0.25) is 0 Å². The second-order valence-corrected chi connectivity index (χ2v) is 6.28. The quantitative estimate of drug-likeness (QED) is 0.393. The van der Waals surface area contributed by atoms with Crippen molar-refractivity contribution in [2.24, 2.45) is 0 Å². The summed E-state index contributed by atoms with van der Waals surface area (Å²) in [5, 5.41) is 11.4. The highest BCUT2D eigenvalue weighted by Gasteiger charge is 2.15. The molecule has 0 spiro atoms. The molecule has 0 atom stereocenters. The number of nitro groups is 1. The van der Waals surface area contributed by atoms with Gasteiger partial charge in [-0.15, -0.1) is 0 Å². The Morgan fingerprint density at radius 1 is 0.929 bits per heavy atom. The lowest BCUT2D eigenvalue weighted by Gasteiger charge is -2.13. The zero-order valence-electron chi connectivity index (χ0n) is 14.6. The summed E-state index contributed by atoms with van der Waals surface area (Å²) >= 11 is 0. The van der Waals surface area contributed by atoms with E-state index in [2.05, 4.69) is 0 Å². The van der Waals surface area contributed by atoms with Gasteiger partial charge in [-0.1, -0.05) is 24.3 Å². The van der Waals surface area contributed by atoms with E-state index in [1.807, 2.05) is 0 Å². The molecule has 0 aliphatic heterocycles. The minimum Gasteiger partial charge on any atom is -0.467 e. The first-order valence-corrected chi connectivity index (χ1v) is 8.52. The van der Waals surface area contributed by atoms with Gasteiger partial charge in [-0.05, 0) is 29.8 Å². The second-order valence-electron chi connectivity index (χ2n) is 6.28. The summed E-state index contributed by atoms with van der Waals surface area (Å²) in [6.45, 7) is 0.101. The first-order valence-electron chi connectivity index (χ1n) is 8.52. The lowest BCUT2D eigenvalue weighted by atomic mass is 10.2. The minimum atomic E-state index is -0.508. The Hall–Kier alpha value is -3.94. The molecular weight excluding hydrogens is 362 g/mol. The molecular formula is C20H15N3O5. The second kappa shape index (κ2) is 6.99. The SMILES string of the molecule is O=c1c2ccccc2n(Cc2cccc([N+](=O)[O-])c2)c(=O)n1Cc1ccco1. The number of non-ortho nitro benzene ring substituents is 1. The third-order valence-corrected chi connectivity index (χ3v) is 4.49. The van der Waals surface area contributed by atoms with Crippen molar-refractivity contribution >= 4 is 16.6 Å². The van der Waals surface area contributed by atoms with Gasteiger partial charge in [0.1, 0.15) is 5.76 Å². The first kappa shape index (κ1) is 17.5. The summed E-state index contributed by atoms with van der Waals surface area (Å²) < 4.78 is 7.83. The van der Waals surface area contributed by atoms with E-state index in [-0.39, 0.29) is 18.8 Å². The van der Waals surface area contributed by atoms with Crippen LogP contribution in [0.25, 0.3) is 10.9 Å². The molecule has 2 aromatic carbocycles. The summed E-state index contributed by atoms with van der Waals surface area (Å²) in [6.07, 6.45) is 1.48. The number of aromatic nitrogens is 2. The van der Waals surface area contributed by atoms with Gasteiger partial charge in [0.15, 0.2) is 0 Å². The smallest absolute Gasteiger partial charge is 0.332 e. The Morgan fingerprint density at radius 3 is 2.50 bits per heavy atom. The molecule has 28 heavy (non-hydrogen) atoms. The topological polar surface area (TPSA) is 100 Å². The van der Waals surface area contributed by atoms with Crippen LogP contribution in [0, 0.1) is 10.1 Å². The van der Waals surface area contributed by atoms with Crippen molar-refractivity contribution in [3.05, 3.63) is 109 Å². The normalized spacial score (nSPS) is 11.0. The number of hydrogen-bond donors (Lipinski definition) is 0. The lowest BCUT2D eigenvalue weighted by Crippen LogP contribution is -2.40. The fourth-order valence-corrected chi connectivity index (χ4v) is 3.17. The molecule has 8 heteroatoms. The molecule has 0 bridgehead atoms. The molecule has 2 heterocycles. The van der Waals surface area contributed by atoms with Gasteiger partial charge in [0.25, 0.3) is 11.2 Å². The van der Waals surface area contributed by atoms with Crippen LogP contribution < -0.4 is 11.2 Å². The van der Waals surface area contributed by atoms with Crippen molar-refractivity contribution in [2.45, 2.75) is 13.1 Å². The summed E-state index contributed by atoms with van der Waals surface area (Å²) in [7, 11) is 0. The number of furan rings is 1. The number of hydrogen-bond acceptors (Lipinski definition) is 5. The molecule has 4 rings (SSSR count). The predicted molar refractivity (Wildman–Crippen MR) is 102 cm³/mol. The van der Waals surface area contributed by atoms with Gasteiger partial charge < -0.3 is 4.42 Å². The zero-order chi connectivity index (χ0) is 19.7. The fraction of sp³-hybridized carbons (Fsp3) is 0.100. The van der Waals surface area contributed by atoms with Crippen molar-refractivity contribution in [3.63, 3.8) is 0 Å². The molecule has 140 valence electrons.